The van der Waals surface area contributed by atoms with Gasteiger partial charge in [0.05, 0.1) is 28.9 Å². The van der Waals surface area contributed by atoms with Crippen LogP contribution in [0.25, 0.3) is 12.2 Å². The van der Waals surface area contributed by atoms with Gasteiger partial charge < -0.3 is 42.1 Å². The molecule has 368 valence electrons. The maximum atomic E-state index is 12.7. The molecule has 2 heterocycles. The van der Waals surface area contributed by atoms with Crippen molar-refractivity contribution in [2.24, 2.45) is 0 Å². The molecule has 0 amide bonds. The lowest BCUT2D eigenvalue weighted by Gasteiger charge is -2.13. The molecule has 32 heteroatoms. The van der Waals surface area contributed by atoms with E-state index < -0.39 is 42.8 Å². The van der Waals surface area contributed by atoms with Gasteiger partial charge in [-0.15, -0.1) is 8.67 Å². The van der Waals surface area contributed by atoms with Gasteiger partial charge in [0.2, 0.25) is 35.7 Å². The first-order chi connectivity index (χ1) is 33.4. The molecule has 0 saturated heterocycles. The molecular formula is C38H36N12O16S4. The smallest absolute Gasteiger partial charge is 0.335 e. The quantitative estimate of drug-likeness (QED) is 0.00734. The summed E-state index contributed by atoms with van der Waals surface area (Å²) in [6, 6.07) is 19.9. The summed E-state index contributed by atoms with van der Waals surface area (Å²) in [4.78, 5) is 48.1. The Labute approximate surface area is 403 Å². The largest absolute Gasteiger partial charge is 0.478 e. The number of carbonyl (C=O) groups is 2. The molecule has 6 aromatic rings. The van der Waals surface area contributed by atoms with Crippen molar-refractivity contribution in [1.29, 1.82) is 0 Å². The highest BCUT2D eigenvalue weighted by Gasteiger charge is 2.18. The number of carboxylic acids is 2. The van der Waals surface area contributed by atoms with E-state index in [0.717, 1.165) is 18.1 Å². The van der Waals surface area contributed by atoms with Gasteiger partial charge in [-0.1, -0.05) is 34.4 Å². The maximum absolute atomic E-state index is 12.7. The Balaban J connectivity index is 1.25. The number of aromatic carboxylic acids is 2. The van der Waals surface area contributed by atoms with Gasteiger partial charge in [0.15, 0.2) is 0 Å². The Morgan fingerprint density at radius 2 is 0.986 bits per heavy atom. The first-order valence-electron chi connectivity index (χ1n) is 19.3. The molecule has 0 unspecified atom stereocenters. The fourth-order valence-corrected chi connectivity index (χ4v) is 7.50. The Morgan fingerprint density at radius 3 is 1.46 bits per heavy atom. The third-order valence-corrected chi connectivity index (χ3v) is 11.5. The zero-order chi connectivity index (χ0) is 50.3. The molecule has 28 nitrogen and oxygen atoms in total. The molecule has 0 fully saturated rings. The van der Waals surface area contributed by atoms with E-state index in [4.69, 9.17) is 19.4 Å². The minimum absolute atomic E-state index is 0.00222. The lowest BCUT2D eigenvalue weighted by Crippen LogP contribution is -2.17. The number of carboxylic acid groups (broad SMARTS) is 2. The van der Waals surface area contributed by atoms with Gasteiger partial charge in [-0.05, 0) is 83.9 Å². The van der Waals surface area contributed by atoms with E-state index in [-0.39, 0.29) is 81.8 Å². The van der Waals surface area contributed by atoms with Crippen molar-refractivity contribution in [2.45, 2.75) is 9.79 Å². The van der Waals surface area contributed by atoms with Crippen LogP contribution in [0.3, 0.4) is 0 Å². The van der Waals surface area contributed by atoms with Crippen molar-refractivity contribution in [3.8, 4) is 0 Å². The van der Waals surface area contributed by atoms with Gasteiger partial charge in [-0.3, -0.25) is 9.11 Å². The number of rotatable bonds is 26. The van der Waals surface area contributed by atoms with Gasteiger partial charge in [0.25, 0.3) is 20.2 Å². The fraction of sp³-hybridized carbons (Fsp3) is 0.105. The van der Waals surface area contributed by atoms with Crippen LogP contribution in [0.1, 0.15) is 31.8 Å². The fourth-order valence-electron chi connectivity index (χ4n) is 5.62. The summed E-state index contributed by atoms with van der Waals surface area (Å²) in [5.74, 6) is -3.06. The van der Waals surface area contributed by atoms with Crippen LogP contribution >= 0.6 is 24.1 Å². The second-order valence-electron chi connectivity index (χ2n) is 13.5. The molecule has 0 saturated carbocycles. The summed E-state index contributed by atoms with van der Waals surface area (Å²) >= 11 is 1.35. The second kappa shape index (κ2) is 24.3. The van der Waals surface area contributed by atoms with Crippen LogP contribution in [-0.2, 0) is 39.0 Å². The van der Waals surface area contributed by atoms with Crippen molar-refractivity contribution in [3.63, 3.8) is 0 Å². The summed E-state index contributed by atoms with van der Waals surface area (Å²) in [5, 5.41) is 60.5. The van der Waals surface area contributed by atoms with E-state index in [0.29, 0.717) is 34.7 Å². The molecule has 12 N–H and O–H groups in total. The zero-order valence-corrected chi connectivity index (χ0v) is 38.4. The predicted octanol–water partition coefficient (Wildman–Crippen LogP) is 6.05. The van der Waals surface area contributed by atoms with Crippen LogP contribution in [0.5, 0.6) is 0 Å². The minimum atomic E-state index is -4.91. The van der Waals surface area contributed by atoms with E-state index in [1.165, 1.54) is 78.9 Å². The van der Waals surface area contributed by atoms with Crippen LogP contribution in [0.15, 0.2) is 94.7 Å². The average Bonchev–Trinajstić information content (AvgIpc) is 3.30. The normalized spacial score (nSPS) is 11.5. The summed E-state index contributed by atoms with van der Waals surface area (Å²) in [6.45, 7) is -0.0898. The third kappa shape index (κ3) is 16.1. The Kier molecular flexibility index (Phi) is 18.1. The highest BCUT2D eigenvalue weighted by molar-refractivity contribution is 7.94. The average molecular weight is 1050 g/mol. The number of hydrogen-bond donors (Lipinski definition) is 12. The molecule has 2 aromatic heterocycles. The van der Waals surface area contributed by atoms with E-state index in [9.17, 15) is 41.2 Å². The van der Waals surface area contributed by atoms with E-state index in [1.54, 1.807) is 12.1 Å². The van der Waals surface area contributed by atoms with E-state index in [2.05, 4.69) is 76.2 Å². The van der Waals surface area contributed by atoms with Crippen LogP contribution in [0, 0.1) is 0 Å². The topological polar surface area (TPSA) is 410 Å². The van der Waals surface area contributed by atoms with Gasteiger partial charge >= 0.3 is 11.9 Å². The molecule has 0 aliphatic carbocycles. The number of anilines is 10. The third-order valence-electron chi connectivity index (χ3n) is 8.65. The number of nitrogens with one attached hydrogen (secondary N) is 6. The highest BCUT2D eigenvalue weighted by atomic mass is 32.2. The van der Waals surface area contributed by atoms with Gasteiger partial charge in [-0.2, -0.15) is 46.7 Å². The lowest BCUT2D eigenvalue weighted by atomic mass is 10.1. The SMILES string of the molecule is O=C(O)c1ccc(Nc2nc(NCCSOOO)nc(Nc3ccc(/C=C/c4ccc(Nc5nc(NCCS(=O)(=O)O)nc(Nc6ccc(C(=O)O)cc6)n5)cc4S(=O)(=O)O)c(SOOO)c3)n2)cc1. The summed E-state index contributed by atoms with van der Waals surface area (Å²) in [6.07, 6.45) is 2.82. The predicted molar refractivity (Wildman–Crippen MR) is 253 cm³/mol. The number of hydrogen-bond acceptors (Lipinski definition) is 26. The molecule has 70 heavy (non-hydrogen) atoms. The lowest BCUT2D eigenvalue weighted by molar-refractivity contribution is -0.432. The molecule has 0 radical (unpaired) electrons. The van der Waals surface area contributed by atoms with Crippen molar-refractivity contribution >= 4 is 127 Å². The van der Waals surface area contributed by atoms with Gasteiger partial charge in [0, 0.05) is 58.5 Å². The summed E-state index contributed by atoms with van der Waals surface area (Å²) in [5.41, 5.74) is 1.65. The first-order valence-corrected chi connectivity index (χ1v) is 24.0. The molecule has 4 aromatic carbocycles. The van der Waals surface area contributed by atoms with Crippen molar-refractivity contribution in [2.75, 3.05) is 56.5 Å². The first kappa shape index (κ1) is 52.0. The molecule has 0 spiro atoms. The second-order valence-corrected chi connectivity index (χ2v) is 18.0. The van der Waals surface area contributed by atoms with Crippen molar-refractivity contribution < 1.29 is 75.0 Å². The summed E-state index contributed by atoms with van der Waals surface area (Å²) in [7, 11) is -9.28. The van der Waals surface area contributed by atoms with Gasteiger partial charge in [-0.25, -0.2) is 20.1 Å². The van der Waals surface area contributed by atoms with Crippen LogP contribution in [-0.4, -0.2) is 113 Å². The van der Waals surface area contributed by atoms with Crippen LogP contribution in [0.4, 0.5) is 58.4 Å². The highest BCUT2D eigenvalue weighted by Crippen LogP contribution is 2.32. The van der Waals surface area contributed by atoms with E-state index in [1.807, 2.05) is 0 Å². The van der Waals surface area contributed by atoms with Gasteiger partial charge in [0.1, 0.15) is 4.90 Å². The number of benzene rings is 4. The van der Waals surface area contributed by atoms with Crippen molar-refractivity contribution in [1.82, 2.24) is 29.9 Å². The zero-order valence-electron chi connectivity index (χ0n) is 35.1. The maximum Gasteiger partial charge on any atom is 0.335 e. The number of aromatic nitrogens is 6. The Morgan fingerprint density at radius 1 is 0.557 bits per heavy atom. The minimum Gasteiger partial charge on any atom is -0.478 e. The Bertz CT molecular complexity index is 3070. The number of nitrogens with zero attached hydrogens (tertiary/aromatic N) is 6. The van der Waals surface area contributed by atoms with E-state index >= 15 is 0 Å². The molecular weight excluding hydrogens is 1010 g/mol. The molecule has 0 bridgehead atoms. The molecule has 0 aliphatic heterocycles. The molecule has 0 aliphatic rings. The van der Waals surface area contributed by atoms with Crippen LogP contribution < -0.4 is 31.9 Å². The van der Waals surface area contributed by atoms with Crippen molar-refractivity contribution in [3.05, 3.63) is 107 Å². The monoisotopic (exact) mass is 1040 g/mol. The Hall–Kier alpha value is -7.34. The molecule has 6 rings (SSSR count). The summed E-state index contributed by atoms with van der Waals surface area (Å²) < 4.78 is 76.7. The standard InChI is InChI=1S/C38H36N12O16S4/c51-31(52)23-5-9-25(10-6-23)41-35-45-33(39-15-17-67-65-63-55)46-37(49-35)43-27-13-3-21(29(19-27)68-66-64-56)1-2-22-4-14-28(20-30(22)70(60,61)62)44-38-48-34(40-16-18-69(57,58)59)47-36(50-38)42-26-11-7-24(8-12-26)32(53)54/h1-14,19-20,55-56H,15-18H2,(H,51,52)(H,53,54)(H,57,58,59)(H,60,61,62)(H3,39,41,43,45,46,49)(H3,40,42,44,47,48,50)/b2-1+. The van der Waals surface area contributed by atoms with Crippen LogP contribution in [0.2, 0.25) is 0 Å². The molecule has 0 atom stereocenters.